The summed E-state index contributed by atoms with van der Waals surface area (Å²) in [5.74, 6) is -0.524. The first-order valence-electron chi connectivity index (χ1n) is 9.51. The minimum atomic E-state index is -0.561. The first kappa shape index (κ1) is 20.1. The van der Waals surface area contributed by atoms with Crippen LogP contribution in [0.5, 0.6) is 0 Å². The van der Waals surface area contributed by atoms with E-state index in [0.717, 1.165) is 5.69 Å². The maximum Gasteiger partial charge on any atom is 0.340 e. The van der Waals surface area contributed by atoms with Crippen molar-refractivity contribution in [1.29, 1.82) is 0 Å². The van der Waals surface area contributed by atoms with Gasteiger partial charge in [0.2, 0.25) is 0 Å². The highest BCUT2D eigenvalue weighted by Gasteiger charge is 2.14. The van der Waals surface area contributed by atoms with Crippen molar-refractivity contribution >= 4 is 28.9 Å². The van der Waals surface area contributed by atoms with E-state index >= 15 is 0 Å². The SMILES string of the molecule is CC(C)c1ccc(NC(=O)COC(=O)c2ccccc2Nc2ccccc2)cc1. The maximum absolute atomic E-state index is 12.5. The average Bonchev–Trinajstić information content (AvgIpc) is 2.73. The van der Waals surface area contributed by atoms with Gasteiger partial charge in [-0.3, -0.25) is 4.79 Å². The molecule has 0 bridgehead atoms. The molecule has 0 aliphatic heterocycles. The van der Waals surface area contributed by atoms with Gasteiger partial charge in [0.25, 0.3) is 5.91 Å². The van der Waals surface area contributed by atoms with Crippen molar-refractivity contribution in [3.8, 4) is 0 Å². The molecule has 0 saturated heterocycles. The van der Waals surface area contributed by atoms with Crippen LogP contribution in [0, 0.1) is 0 Å². The van der Waals surface area contributed by atoms with E-state index in [1.54, 1.807) is 18.2 Å². The zero-order valence-corrected chi connectivity index (χ0v) is 16.5. The van der Waals surface area contributed by atoms with Gasteiger partial charge in [-0.05, 0) is 47.9 Å². The molecule has 1 amide bonds. The number of para-hydroxylation sites is 2. The number of ether oxygens (including phenoxy) is 1. The van der Waals surface area contributed by atoms with Gasteiger partial charge in [-0.25, -0.2) is 4.79 Å². The molecule has 0 atom stereocenters. The molecule has 5 heteroatoms. The molecule has 29 heavy (non-hydrogen) atoms. The van der Waals surface area contributed by atoms with E-state index in [2.05, 4.69) is 24.5 Å². The molecule has 0 fully saturated rings. The molecule has 0 spiro atoms. The molecule has 0 aliphatic rings. The highest BCUT2D eigenvalue weighted by atomic mass is 16.5. The van der Waals surface area contributed by atoms with Gasteiger partial charge in [0.1, 0.15) is 0 Å². The van der Waals surface area contributed by atoms with Crippen LogP contribution in [0.15, 0.2) is 78.9 Å². The van der Waals surface area contributed by atoms with Crippen molar-refractivity contribution in [3.63, 3.8) is 0 Å². The predicted molar refractivity (Wildman–Crippen MR) is 116 cm³/mol. The number of hydrogen-bond donors (Lipinski definition) is 2. The Morgan fingerprint density at radius 2 is 1.48 bits per heavy atom. The second-order valence-corrected chi connectivity index (χ2v) is 6.94. The minimum Gasteiger partial charge on any atom is -0.452 e. The summed E-state index contributed by atoms with van der Waals surface area (Å²) in [7, 11) is 0. The summed E-state index contributed by atoms with van der Waals surface area (Å²) in [6.07, 6.45) is 0. The highest BCUT2D eigenvalue weighted by molar-refractivity contribution is 5.99. The summed E-state index contributed by atoms with van der Waals surface area (Å²) >= 11 is 0. The molecule has 0 heterocycles. The van der Waals surface area contributed by atoms with E-state index < -0.39 is 5.97 Å². The Hall–Kier alpha value is -3.60. The van der Waals surface area contributed by atoms with E-state index in [1.165, 1.54) is 5.56 Å². The molecular weight excluding hydrogens is 364 g/mol. The average molecular weight is 388 g/mol. The van der Waals surface area contributed by atoms with Crippen molar-refractivity contribution in [1.82, 2.24) is 0 Å². The summed E-state index contributed by atoms with van der Waals surface area (Å²) < 4.78 is 5.21. The Morgan fingerprint density at radius 1 is 0.828 bits per heavy atom. The number of benzene rings is 3. The number of esters is 1. The summed E-state index contributed by atoms with van der Waals surface area (Å²) in [5.41, 5.74) is 3.70. The molecule has 3 aromatic rings. The Bertz CT molecular complexity index is 967. The fourth-order valence-electron chi connectivity index (χ4n) is 2.80. The van der Waals surface area contributed by atoms with Crippen LogP contribution in [0.3, 0.4) is 0 Å². The van der Waals surface area contributed by atoms with Gasteiger partial charge in [0, 0.05) is 11.4 Å². The first-order chi connectivity index (χ1) is 14.0. The fourth-order valence-corrected chi connectivity index (χ4v) is 2.80. The lowest BCUT2D eigenvalue weighted by Gasteiger charge is -2.12. The third-order valence-electron chi connectivity index (χ3n) is 4.40. The van der Waals surface area contributed by atoms with E-state index in [4.69, 9.17) is 4.74 Å². The van der Waals surface area contributed by atoms with Crippen molar-refractivity contribution in [2.75, 3.05) is 17.2 Å². The standard InChI is InChI=1S/C24H24N2O3/c1-17(2)18-12-14-20(15-13-18)26-23(27)16-29-24(28)21-10-6-7-11-22(21)25-19-8-4-3-5-9-19/h3-15,17,25H,16H2,1-2H3,(H,26,27). The molecule has 3 rings (SSSR count). The van der Waals surface area contributed by atoms with Crippen molar-refractivity contribution in [2.24, 2.45) is 0 Å². The van der Waals surface area contributed by atoms with Gasteiger partial charge >= 0.3 is 5.97 Å². The van der Waals surface area contributed by atoms with Crippen LogP contribution < -0.4 is 10.6 Å². The molecule has 0 aromatic heterocycles. The Balaban J connectivity index is 1.58. The smallest absolute Gasteiger partial charge is 0.340 e. The number of amides is 1. The molecule has 2 N–H and O–H groups in total. The van der Waals surface area contributed by atoms with Crippen LogP contribution >= 0.6 is 0 Å². The van der Waals surface area contributed by atoms with Crippen LogP contribution in [0.2, 0.25) is 0 Å². The Labute approximate surface area is 170 Å². The molecule has 0 aliphatic carbocycles. The zero-order chi connectivity index (χ0) is 20.6. The van der Waals surface area contributed by atoms with Crippen LogP contribution in [-0.2, 0) is 9.53 Å². The summed E-state index contributed by atoms with van der Waals surface area (Å²) in [6.45, 7) is 3.86. The minimum absolute atomic E-state index is 0.357. The van der Waals surface area contributed by atoms with Crippen LogP contribution in [-0.4, -0.2) is 18.5 Å². The number of rotatable bonds is 7. The van der Waals surface area contributed by atoms with Gasteiger partial charge in [-0.1, -0.05) is 56.3 Å². The van der Waals surface area contributed by atoms with Gasteiger partial charge in [-0.2, -0.15) is 0 Å². The number of anilines is 3. The Morgan fingerprint density at radius 3 is 2.17 bits per heavy atom. The van der Waals surface area contributed by atoms with Crippen molar-refractivity contribution in [2.45, 2.75) is 19.8 Å². The van der Waals surface area contributed by atoms with Gasteiger partial charge in [0.05, 0.1) is 11.3 Å². The van der Waals surface area contributed by atoms with Crippen molar-refractivity contribution < 1.29 is 14.3 Å². The lowest BCUT2D eigenvalue weighted by Crippen LogP contribution is -2.21. The van der Waals surface area contributed by atoms with E-state index in [1.807, 2.05) is 60.7 Å². The highest BCUT2D eigenvalue weighted by Crippen LogP contribution is 2.21. The number of carbonyl (C=O) groups excluding carboxylic acids is 2. The third kappa shape index (κ3) is 5.69. The van der Waals surface area contributed by atoms with Crippen molar-refractivity contribution in [3.05, 3.63) is 90.0 Å². The molecule has 0 saturated carbocycles. The fraction of sp³-hybridized carbons (Fsp3) is 0.167. The van der Waals surface area contributed by atoms with Gasteiger partial charge < -0.3 is 15.4 Å². The molecular formula is C24H24N2O3. The largest absolute Gasteiger partial charge is 0.452 e. The summed E-state index contributed by atoms with van der Waals surface area (Å²) in [5, 5.41) is 5.93. The molecule has 5 nitrogen and oxygen atoms in total. The van der Waals surface area contributed by atoms with E-state index in [0.29, 0.717) is 22.9 Å². The number of carbonyl (C=O) groups is 2. The number of nitrogens with one attached hydrogen (secondary N) is 2. The third-order valence-corrected chi connectivity index (χ3v) is 4.40. The van der Waals surface area contributed by atoms with Gasteiger partial charge in [-0.15, -0.1) is 0 Å². The van der Waals surface area contributed by atoms with Crippen LogP contribution in [0.4, 0.5) is 17.1 Å². The topological polar surface area (TPSA) is 67.4 Å². The lowest BCUT2D eigenvalue weighted by atomic mass is 10.0. The number of hydrogen-bond acceptors (Lipinski definition) is 4. The molecule has 148 valence electrons. The zero-order valence-electron chi connectivity index (χ0n) is 16.5. The van der Waals surface area contributed by atoms with E-state index in [-0.39, 0.29) is 12.5 Å². The normalized spacial score (nSPS) is 10.4. The molecule has 0 radical (unpaired) electrons. The lowest BCUT2D eigenvalue weighted by molar-refractivity contribution is -0.119. The summed E-state index contributed by atoms with van der Waals surface area (Å²) in [4.78, 5) is 24.6. The quantitative estimate of drug-likeness (QED) is 0.536. The first-order valence-corrected chi connectivity index (χ1v) is 9.51. The van der Waals surface area contributed by atoms with Crippen LogP contribution in [0.1, 0.15) is 35.7 Å². The second-order valence-electron chi connectivity index (χ2n) is 6.94. The maximum atomic E-state index is 12.5. The summed E-state index contributed by atoms with van der Waals surface area (Å²) in [6, 6.07) is 24.2. The molecule has 0 unspecified atom stereocenters. The predicted octanol–water partition coefficient (Wildman–Crippen LogP) is 5.35. The van der Waals surface area contributed by atoms with Crippen LogP contribution in [0.25, 0.3) is 0 Å². The molecule has 3 aromatic carbocycles. The van der Waals surface area contributed by atoms with Gasteiger partial charge in [0.15, 0.2) is 6.61 Å². The Kier molecular flexibility index (Phi) is 6.63. The monoisotopic (exact) mass is 388 g/mol. The second kappa shape index (κ2) is 9.55. The van der Waals surface area contributed by atoms with E-state index in [9.17, 15) is 9.59 Å².